The van der Waals surface area contributed by atoms with E-state index >= 15 is 0 Å². The zero-order valence-corrected chi connectivity index (χ0v) is 28.4. The molecule has 0 aromatic heterocycles. The summed E-state index contributed by atoms with van der Waals surface area (Å²) in [5, 5.41) is 0. The molecule has 1 aromatic rings. The van der Waals surface area contributed by atoms with Gasteiger partial charge >= 0.3 is 41.5 Å². The molecule has 0 N–H and O–H groups in total. The van der Waals surface area contributed by atoms with Gasteiger partial charge in [0.1, 0.15) is 10.1 Å². The van der Waals surface area contributed by atoms with Gasteiger partial charge in [-0.05, 0) is 69.6 Å². The van der Waals surface area contributed by atoms with Crippen LogP contribution < -0.4 is 29.6 Å². The predicted octanol–water partition coefficient (Wildman–Crippen LogP) is 5.30. The topological polar surface area (TPSA) is 110 Å². The van der Waals surface area contributed by atoms with E-state index in [9.17, 15) is 22.6 Å². The third-order valence-electron chi connectivity index (χ3n) is 6.52. The monoisotopic (exact) mass is 600 g/mol. The van der Waals surface area contributed by atoms with Gasteiger partial charge in [-0.2, -0.15) is 0 Å². The van der Waals surface area contributed by atoms with Crippen molar-refractivity contribution in [2.24, 2.45) is 0 Å². The molecule has 0 amide bonds. The van der Waals surface area contributed by atoms with E-state index in [2.05, 4.69) is 38.2 Å². The van der Waals surface area contributed by atoms with E-state index in [-0.39, 0.29) is 53.9 Å². The first-order valence-corrected chi connectivity index (χ1v) is 16.5. The summed E-state index contributed by atoms with van der Waals surface area (Å²) < 4.78 is 45.2. The molecule has 0 aliphatic carbocycles. The molecule has 7 nitrogen and oxygen atoms in total. The second-order valence-electron chi connectivity index (χ2n) is 10.0. The van der Waals surface area contributed by atoms with Gasteiger partial charge in [-0.1, -0.05) is 89.5 Å². The maximum absolute atomic E-state index is 12.7. The summed E-state index contributed by atoms with van der Waals surface area (Å²) in [4.78, 5) is 24.8. The largest absolute Gasteiger partial charge is 1.00 e. The SMILES string of the molecule is CC/C=C/CCCCCCCCOC(=O)c1ccc(S(=O)(=O)[O-])cc1C(=O)OCCCCCCCC/C=C/CC.[Na+]. The van der Waals surface area contributed by atoms with Gasteiger partial charge in [-0.3, -0.25) is 0 Å². The van der Waals surface area contributed by atoms with Crippen molar-refractivity contribution in [1.82, 2.24) is 0 Å². The molecule has 0 spiro atoms. The van der Waals surface area contributed by atoms with Crippen molar-refractivity contribution in [3.8, 4) is 0 Å². The molecule has 1 rings (SSSR count). The number of hydrogen-bond acceptors (Lipinski definition) is 7. The fraction of sp³-hybridized carbons (Fsp3) is 0.625. The minimum atomic E-state index is -4.80. The number of carbonyl (C=O) groups excluding carboxylic acids is 2. The molecule has 0 unspecified atom stereocenters. The van der Waals surface area contributed by atoms with Crippen molar-refractivity contribution < 1.29 is 61.6 Å². The van der Waals surface area contributed by atoms with Crippen LogP contribution in [0.1, 0.15) is 137 Å². The first kappa shape index (κ1) is 39.5. The summed E-state index contributed by atoms with van der Waals surface area (Å²) in [5.41, 5.74) is -0.367. The average Bonchev–Trinajstić information content (AvgIpc) is 2.93. The van der Waals surface area contributed by atoms with E-state index in [1.54, 1.807) is 0 Å². The Kier molecular flexibility index (Phi) is 24.2. The molecule has 41 heavy (non-hydrogen) atoms. The van der Waals surface area contributed by atoms with Crippen LogP contribution in [0.15, 0.2) is 47.4 Å². The van der Waals surface area contributed by atoms with E-state index < -0.39 is 27.0 Å². The van der Waals surface area contributed by atoms with Crippen molar-refractivity contribution in [1.29, 1.82) is 0 Å². The summed E-state index contributed by atoms with van der Waals surface area (Å²) in [6.07, 6.45) is 25.3. The second kappa shape index (κ2) is 25.1. The number of benzene rings is 1. The number of allylic oxidation sites excluding steroid dienone is 4. The number of rotatable bonds is 23. The molecule has 1 aromatic carbocycles. The van der Waals surface area contributed by atoms with E-state index in [4.69, 9.17) is 9.47 Å². The third-order valence-corrected chi connectivity index (χ3v) is 7.35. The van der Waals surface area contributed by atoms with Crippen LogP contribution >= 0.6 is 0 Å². The Balaban J connectivity index is 0.0000160. The quantitative estimate of drug-likeness (QED) is 0.0551. The molecule has 0 saturated carbocycles. The predicted molar refractivity (Wildman–Crippen MR) is 158 cm³/mol. The molecule has 0 aliphatic rings. The van der Waals surface area contributed by atoms with Crippen LogP contribution in [0.4, 0.5) is 0 Å². The zero-order valence-electron chi connectivity index (χ0n) is 25.5. The molecule has 0 bridgehead atoms. The van der Waals surface area contributed by atoms with Crippen molar-refractivity contribution in [3.05, 3.63) is 53.6 Å². The summed E-state index contributed by atoms with van der Waals surface area (Å²) >= 11 is 0. The standard InChI is InChI=1S/C32H50O7S.Na/c1-3-5-7-9-11-13-15-17-19-21-25-38-31(33)29-24-23-28(40(35,36)37)27-30(29)32(34)39-26-22-20-18-16-14-12-10-8-6-4-2;/h5-8,23-24,27H,3-4,9-22,25-26H2,1-2H3,(H,35,36,37);/q;+1/p-1/b7-5+,8-6+;. The van der Waals surface area contributed by atoms with Gasteiger partial charge in [0.25, 0.3) is 0 Å². The third kappa shape index (κ3) is 19.4. The zero-order chi connectivity index (χ0) is 29.5. The fourth-order valence-electron chi connectivity index (χ4n) is 4.22. The van der Waals surface area contributed by atoms with Crippen LogP contribution in [-0.4, -0.2) is 38.1 Å². The Hall–Kier alpha value is -1.45. The van der Waals surface area contributed by atoms with Crippen LogP contribution in [0, 0.1) is 0 Å². The van der Waals surface area contributed by atoms with E-state index in [0.29, 0.717) is 12.8 Å². The van der Waals surface area contributed by atoms with Crippen molar-refractivity contribution in [2.45, 2.75) is 121 Å². The van der Waals surface area contributed by atoms with E-state index in [0.717, 1.165) is 88.8 Å². The minimum absolute atomic E-state index is 0. The van der Waals surface area contributed by atoms with Gasteiger partial charge in [0, 0.05) is 0 Å². The number of esters is 2. The summed E-state index contributed by atoms with van der Waals surface area (Å²) in [6.45, 7) is 4.59. The van der Waals surface area contributed by atoms with E-state index in [1.807, 2.05) is 0 Å². The second-order valence-corrected chi connectivity index (χ2v) is 11.4. The maximum atomic E-state index is 12.7. The van der Waals surface area contributed by atoms with Crippen LogP contribution in [0.25, 0.3) is 0 Å². The summed E-state index contributed by atoms with van der Waals surface area (Å²) in [6, 6.07) is 3.07. The molecule has 0 atom stereocenters. The van der Waals surface area contributed by atoms with Crippen LogP contribution in [0.2, 0.25) is 0 Å². The number of carbonyl (C=O) groups is 2. The Morgan fingerprint density at radius 3 is 1.51 bits per heavy atom. The van der Waals surface area contributed by atoms with Gasteiger partial charge in [0.15, 0.2) is 0 Å². The van der Waals surface area contributed by atoms with E-state index in [1.165, 1.54) is 19.3 Å². The molecular formula is C32H49NaO7S. The summed E-state index contributed by atoms with van der Waals surface area (Å²) in [5.74, 6) is -1.58. The van der Waals surface area contributed by atoms with Gasteiger partial charge in [-0.25, -0.2) is 18.0 Å². The van der Waals surface area contributed by atoms with Gasteiger partial charge in [-0.15, -0.1) is 0 Å². The van der Waals surface area contributed by atoms with Crippen molar-refractivity contribution in [3.63, 3.8) is 0 Å². The van der Waals surface area contributed by atoms with Crippen LogP contribution in [0.5, 0.6) is 0 Å². The number of ether oxygens (including phenoxy) is 2. The molecule has 9 heteroatoms. The Morgan fingerprint density at radius 1 is 0.659 bits per heavy atom. The van der Waals surface area contributed by atoms with Gasteiger partial charge in [0.05, 0.1) is 29.2 Å². The smallest absolute Gasteiger partial charge is 0.744 e. The Bertz CT molecular complexity index is 1020. The van der Waals surface area contributed by atoms with Gasteiger partial charge < -0.3 is 14.0 Å². The van der Waals surface area contributed by atoms with Crippen LogP contribution in [0.3, 0.4) is 0 Å². The number of unbranched alkanes of at least 4 members (excludes halogenated alkanes) is 12. The Morgan fingerprint density at radius 2 is 1.07 bits per heavy atom. The molecule has 0 heterocycles. The summed E-state index contributed by atoms with van der Waals surface area (Å²) in [7, 11) is -4.80. The fourth-order valence-corrected chi connectivity index (χ4v) is 4.72. The average molecular weight is 601 g/mol. The number of hydrogen-bond donors (Lipinski definition) is 0. The van der Waals surface area contributed by atoms with Crippen molar-refractivity contribution >= 4 is 22.1 Å². The molecule has 226 valence electrons. The van der Waals surface area contributed by atoms with Gasteiger partial charge in [0.2, 0.25) is 0 Å². The van der Waals surface area contributed by atoms with Crippen LogP contribution in [-0.2, 0) is 19.6 Å². The first-order valence-electron chi connectivity index (χ1n) is 15.0. The molecule has 0 aliphatic heterocycles. The van der Waals surface area contributed by atoms with Crippen molar-refractivity contribution in [2.75, 3.05) is 13.2 Å². The maximum Gasteiger partial charge on any atom is 1.00 e. The molecule has 0 fully saturated rings. The minimum Gasteiger partial charge on any atom is -0.744 e. The normalized spacial score (nSPS) is 11.6. The molecule has 0 radical (unpaired) electrons. The molecule has 0 saturated heterocycles. The molecular weight excluding hydrogens is 551 g/mol. The first-order chi connectivity index (χ1) is 19.3. The Labute approximate surface area is 270 Å².